The maximum Gasteiger partial charge on any atom is 0.277 e. The van der Waals surface area contributed by atoms with Crippen molar-refractivity contribution in [2.75, 3.05) is 6.61 Å². The summed E-state index contributed by atoms with van der Waals surface area (Å²) in [6, 6.07) is 9.26. The maximum absolute atomic E-state index is 11.8. The molecule has 0 saturated carbocycles. The van der Waals surface area contributed by atoms with Gasteiger partial charge in [0, 0.05) is 10.6 Å². The quantitative estimate of drug-likeness (QED) is 0.581. The van der Waals surface area contributed by atoms with E-state index in [0.717, 1.165) is 16.7 Å². The minimum Gasteiger partial charge on any atom is -0.483 e. The Morgan fingerprint density at radius 3 is 2.54 bits per heavy atom. The van der Waals surface area contributed by atoms with E-state index in [4.69, 9.17) is 16.3 Å². The molecule has 1 amide bonds. The fraction of sp³-hybridized carbons (Fsp3) is 0.222. The van der Waals surface area contributed by atoms with Gasteiger partial charge in [-0.05, 0) is 66.0 Å². The molecule has 0 radical (unpaired) electrons. The summed E-state index contributed by atoms with van der Waals surface area (Å²) < 4.78 is 6.12. The van der Waals surface area contributed by atoms with Crippen LogP contribution in [0.4, 0.5) is 0 Å². The zero-order valence-corrected chi connectivity index (χ0v) is 16.0. The molecule has 4 nitrogen and oxygen atoms in total. The Morgan fingerprint density at radius 1 is 1.25 bits per heavy atom. The van der Waals surface area contributed by atoms with Gasteiger partial charge in [0.25, 0.3) is 5.91 Å². The average molecular weight is 410 g/mol. The highest BCUT2D eigenvalue weighted by Gasteiger charge is 2.06. The van der Waals surface area contributed by atoms with Crippen LogP contribution in [0.5, 0.6) is 5.75 Å². The van der Waals surface area contributed by atoms with Gasteiger partial charge in [-0.25, -0.2) is 5.43 Å². The van der Waals surface area contributed by atoms with Gasteiger partial charge < -0.3 is 4.74 Å². The van der Waals surface area contributed by atoms with Gasteiger partial charge in [-0.1, -0.05) is 29.3 Å². The van der Waals surface area contributed by atoms with Crippen molar-refractivity contribution in [2.24, 2.45) is 5.10 Å². The molecule has 1 N–H and O–H groups in total. The smallest absolute Gasteiger partial charge is 0.277 e. The van der Waals surface area contributed by atoms with Crippen LogP contribution >= 0.6 is 27.5 Å². The number of hydrazone groups is 1. The van der Waals surface area contributed by atoms with Gasteiger partial charge in [0.15, 0.2) is 6.61 Å². The van der Waals surface area contributed by atoms with E-state index in [9.17, 15) is 4.79 Å². The first-order valence-electron chi connectivity index (χ1n) is 7.34. The molecule has 6 heteroatoms. The number of amides is 1. The number of ether oxygens (including phenoxy) is 1. The van der Waals surface area contributed by atoms with Crippen molar-refractivity contribution in [3.8, 4) is 5.75 Å². The van der Waals surface area contributed by atoms with Crippen LogP contribution in [0, 0.1) is 20.8 Å². The van der Waals surface area contributed by atoms with Crippen LogP contribution in [-0.4, -0.2) is 18.7 Å². The highest BCUT2D eigenvalue weighted by Crippen LogP contribution is 2.27. The van der Waals surface area contributed by atoms with Gasteiger partial charge in [0.2, 0.25) is 0 Å². The van der Waals surface area contributed by atoms with E-state index in [1.54, 1.807) is 24.4 Å². The Hall–Kier alpha value is -1.85. The third kappa shape index (κ3) is 5.08. The van der Waals surface area contributed by atoms with Gasteiger partial charge >= 0.3 is 0 Å². The third-order valence-electron chi connectivity index (χ3n) is 3.37. The lowest BCUT2D eigenvalue weighted by atomic mass is 10.0. The van der Waals surface area contributed by atoms with Crippen LogP contribution in [0.15, 0.2) is 39.9 Å². The Morgan fingerprint density at radius 2 is 1.92 bits per heavy atom. The number of carbonyl (C=O) groups excluding carboxylic acids is 1. The molecule has 0 heterocycles. The molecule has 0 aromatic heterocycles. The van der Waals surface area contributed by atoms with Gasteiger partial charge in [-0.2, -0.15) is 5.10 Å². The zero-order chi connectivity index (χ0) is 17.7. The lowest BCUT2D eigenvalue weighted by Gasteiger charge is -2.08. The van der Waals surface area contributed by atoms with E-state index >= 15 is 0 Å². The Bertz CT molecular complexity index is 768. The number of carbonyl (C=O) groups is 1. The number of nitrogens with zero attached hydrogens (tertiary/aromatic N) is 1. The van der Waals surface area contributed by atoms with E-state index in [1.807, 2.05) is 13.8 Å². The minimum atomic E-state index is -0.337. The summed E-state index contributed by atoms with van der Waals surface area (Å²) in [4.78, 5) is 11.8. The molecule has 0 aliphatic heterocycles. The van der Waals surface area contributed by atoms with Crippen LogP contribution in [0.2, 0.25) is 5.02 Å². The number of rotatable bonds is 5. The molecule has 0 aliphatic rings. The highest BCUT2D eigenvalue weighted by molar-refractivity contribution is 9.10. The second-order valence-corrected chi connectivity index (χ2v) is 6.76. The van der Waals surface area contributed by atoms with Gasteiger partial charge in [0.1, 0.15) is 5.75 Å². The van der Waals surface area contributed by atoms with Gasteiger partial charge in [-0.15, -0.1) is 0 Å². The van der Waals surface area contributed by atoms with E-state index in [2.05, 4.69) is 45.5 Å². The highest BCUT2D eigenvalue weighted by atomic mass is 79.9. The molecule has 0 saturated heterocycles. The summed E-state index contributed by atoms with van der Waals surface area (Å²) in [5.41, 5.74) is 6.90. The van der Waals surface area contributed by atoms with Crippen LogP contribution in [0.25, 0.3) is 0 Å². The second-order valence-electron chi connectivity index (χ2n) is 5.47. The van der Waals surface area contributed by atoms with Crippen LogP contribution in [0.1, 0.15) is 22.3 Å². The van der Waals surface area contributed by atoms with Crippen LogP contribution in [-0.2, 0) is 4.79 Å². The molecule has 0 spiro atoms. The maximum atomic E-state index is 11.8. The van der Waals surface area contributed by atoms with Crippen molar-refractivity contribution in [3.63, 3.8) is 0 Å². The summed E-state index contributed by atoms with van der Waals surface area (Å²) in [7, 11) is 0. The Balaban J connectivity index is 1.91. The summed E-state index contributed by atoms with van der Waals surface area (Å²) in [5.74, 6) is 0.208. The predicted octanol–water partition coefficient (Wildman–Crippen LogP) is 4.56. The number of nitrogens with one attached hydrogen (secondary N) is 1. The van der Waals surface area contributed by atoms with Crippen molar-refractivity contribution in [2.45, 2.75) is 20.8 Å². The number of benzene rings is 2. The predicted molar refractivity (Wildman–Crippen MR) is 101 cm³/mol. The fourth-order valence-corrected chi connectivity index (χ4v) is 3.13. The first-order chi connectivity index (χ1) is 11.4. The first kappa shape index (κ1) is 18.5. The molecule has 2 rings (SSSR count). The van der Waals surface area contributed by atoms with Gasteiger partial charge in [-0.3, -0.25) is 4.79 Å². The number of aryl methyl sites for hydroxylation is 3. The second kappa shape index (κ2) is 8.31. The lowest BCUT2D eigenvalue weighted by molar-refractivity contribution is -0.123. The Kier molecular flexibility index (Phi) is 6.40. The summed E-state index contributed by atoms with van der Waals surface area (Å²) in [6.45, 7) is 5.95. The number of hydrogen-bond donors (Lipinski definition) is 1. The summed E-state index contributed by atoms with van der Waals surface area (Å²) in [6.07, 6.45) is 1.65. The molecular formula is C18H18BrClN2O2. The molecule has 24 heavy (non-hydrogen) atoms. The summed E-state index contributed by atoms with van der Waals surface area (Å²) >= 11 is 9.19. The summed E-state index contributed by atoms with van der Waals surface area (Å²) in [5, 5.41) is 4.59. The van der Waals surface area contributed by atoms with Gasteiger partial charge in [0.05, 0.1) is 10.7 Å². The largest absolute Gasteiger partial charge is 0.483 e. The van der Waals surface area contributed by atoms with Crippen molar-refractivity contribution >= 4 is 39.7 Å². The van der Waals surface area contributed by atoms with Crippen molar-refractivity contribution < 1.29 is 9.53 Å². The van der Waals surface area contributed by atoms with E-state index in [1.165, 1.54) is 5.56 Å². The molecule has 0 atom stereocenters. The van der Waals surface area contributed by atoms with E-state index in [0.29, 0.717) is 15.2 Å². The van der Waals surface area contributed by atoms with Crippen molar-refractivity contribution in [1.82, 2.24) is 5.43 Å². The first-order valence-corrected chi connectivity index (χ1v) is 8.51. The SMILES string of the molecule is Cc1cc(C)c(C=NNC(=O)COc2ccc(Cl)cc2Br)c(C)c1. The normalized spacial score (nSPS) is 10.9. The molecule has 0 fully saturated rings. The monoisotopic (exact) mass is 408 g/mol. The molecule has 2 aromatic carbocycles. The molecule has 0 bridgehead atoms. The topological polar surface area (TPSA) is 50.7 Å². The Labute approximate surface area is 155 Å². The van der Waals surface area contributed by atoms with Crippen LogP contribution < -0.4 is 10.2 Å². The minimum absolute atomic E-state index is 0.135. The number of halogens is 2. The standard InChI is InChI=1S/C18H18BrClN2O2/c1-11-6-12(2)15(13(3)7-11)9-21-22-18(23)10-24-17-5-4-14(20)8-16(17)19/h4-9H,10H2,1-3H3,(H,22,23). The van der Waals surface area contributed by atoms with Crippen molar-refractivity contribution in [1.29, 1.82) is 0 Å². The molecule has 126 valence electrons. The molecule has 2 aromatic rings. The number of hydrogen-bond acceptors (Lipinski definition) is 3. The molecular weight excluding hydrogens is 392 g/mol. The third-order valence-corrected chi connectivity index (χ3v) is 4.23. The average Bonchev–Trinajstić information content (AvgIpc) is 2.49. The van der Waals surface area contributed by atoms with E-state index < -0.39 is 0 Å². The van der Waals surface area contributed by atoms with E-state index in [-0.39, 0.29) is 12.5 Å². The molecule has 0 unspecified atom stereocenters. The zero-order valence-electron chi connectivity index (χ0n) is 13.7. The molecule has 0 aliphatic carbocycles. The van der Waals surface area contributed by atoms with Crippen LogP contribution in [0.3, 0.4) is 0 Å². The lowest BCUT2D eigenvalue weighted by Crippen LogP contribution is -2.24. The van der Waals surface area contributed by atoms with Crippen molar-refractivity contribution in [3.05, 3.63) is 62.1 Å². The fourth-order valence-electron chi connectivity index (χ4n) is 2.33.